The van der Waals surface area contributed by atoms with Gasteiger partial charge in [-0.2, -0.15) is 0 Å². The molecule has 1 saturated carbocycles. The predicted molar refractivity (Wildman–Crippen MR) is 78.4 cm³/mol. The van der Waals surface area contributed by atoms with Crippen LogP contribution in [-0.4, -0.2) is 30.6 Å². The van der Waals surface area contributed by atoms with E-state index in [2.05, 4.69) is 41.4 Å². The fourth-order valence-electron chi connectivity index (χ4n) is 2.78. The SMILES string of the molecule is CC1CN(Cc2cccc(C3CC3)c2)CCN1.Cl. The third-order valence-electron chi connectivity index (χ3n) is 3.86. The van der Waals surface area contributed by atoms with E-state index in [1.807, 2.05) is 0 Å². The molecule has 0 spiro atoms. The highest BCUT2D eigenvalue weighted by Gasteiger charge is 2.23. The van der Waals surface area contributed by atoms with Crippen LogP contribution in [0.3, 0.4) is 0 Å². The van der Waals surface area contributed by atoms with E-state index in [1.54, 1.807) is 5.56 Å². The van der Waals surface area contributed by atoms with Crippen molar-refractivity contribution in [2.75, 3.05) is 19.6 Å². The summed E-state index contributed by atoms with van der Waals surface area (Å²) in [5.41, 5.74) is 3.05. The van der Waals surface area contributed by atoms with E-state index >= 15 is 0 Å². The van der Waals surface area contributed by atoms with Crippen LogP contribution in [0.1, 0.15) is 36.8 Å². The Labute approximate surface area is 116 Å². The van der Waals surface area contributed by atoms with Gasteiger partial charge in [0.1, 0.15) is 0 Å². The maximum absolute atomic E-state index is 3.50. The smallest absolute Gasteiger partial charge is 0.0235 e. The van der Waals surface area contributed by atoms with Gasteiger partial charge in [-0.05, 0) is 36.8 Å². The molecule has 1 aromatic carbocycles. The Morgan fingerprint density at radius 3 is 2.89 bits per heavy atom. The number of halogens is 1. The van der Waals surface area contributed by atoms with E-state index in [9.17, 15) is 0 Å². The van der Waals surface area contributed by atoms with E-state index in [-0.39, 0.29) is 12.4 Å². The molecule has 1 saturated heterocycles. The lowest BCUT2D eigenvalue weighted by Gasteiger charge is -2.31. The summed E-state index contributed by atoms with van der Waals surface area (Å²) in [5, 5.41) is 3.50. The third kappa shape index (κ3) is 3.47. The molecule has 3 heteroatoms. The van der Waals surface area contributed by atoms with Gasteiger partial charge < -0.3 is 5.32 Å². The number of nitrogens with zero attached hydrogens (tertiary/aromatic N) is 1. The molecule has 2 nitrogen and oxygen atoms in total. The summed E-state index contributed by atoms with van der Waals surface area (Å²) in [5.74, 6) is 0.872. The van der Waals surface area contributed by atoms with Crippen LogP contribution >= 0.6 is 12.4 Å². The van der Waals surface area contributed by atoms with Crippen molar-refractivity contribution in [3.8, 4) is 0 Å². The number of piperazine rings is 1. The van der Waals surface area contributed by atoms with Crippen LogP contribution in [0.4, 0.5) is 0 Å². The number of benzene rings is 1. The van der Waals surface area contributed by atoms with Crippen molar-refractivity contribution in [2.24, 2.45) is 0 Å². The lowest BCUT2D eigenvalue weighted by Crippen LogP contribution is -2.48. The minimum atomic E-state index is 0. The molecule has 100 valence electrons. The molecule has 0 bridgehead atoms. The third-order valence-corrected chi connectivity index (χ3v) is 3.86. The van der Waals surface area contributed by atoms with Crippen molar-refractivity contribution < 1.29 is 0 Å². The molecular weight excluding hydrogens is 244 g/mol. The Morgan fingerprint density at radius 2 is 2.17 bits per heavy atom. The molecule has 1 unspecified atom stereocenters. The Bertz CT molecular complexity index is 390. The van der Waals surface area contributed by atoms with Crippen LogP contribution in [0.5, 0.6) is 0 Å². The highest BCUT2D eigenvalue weighted by Crippen LogP contribution is 2.40. The fourth-order valence-corrected chi connectivity index (χ4v) is 2.78. The molecule has 18 heavy (non-hydrogen) atoms. The zero-order valence-electron chi connectivity index (χ0n) is 11.1. The molecule has 2 aliphatic rings. The van der Waals surface area contributed by atoms with Gasteiger partial charge in [-0.25, -0.2) is 0 Å². The van der Waals surface area contributed by atoms with E-state index in [4.69, 9.17) is 0 Å². The van der Waals surface area contributed by atoms with Crippen molar-refractivity contribution in [1.29, 1.82) is 0 Å². The number of rotatable bonds is 3. The van der Waals surface area contributed by atoms with Gasteiger partial charge in [0.05, 0.1) is 0 Å². The lowest BCUT2D eigenvalue weighted by atomic mass is 10.1. The molecule has 1 aliphatic carbocycles. The molecule has 0 aromatic heterocycles. The molecule has 1 aromatic rings. The van der Waals surface area contributed by atoms with Crippen LogP contribution in [-0.2, 0) is 6.54 Å². The second-order valence-electron chi connectivity index (χ2n) is 5.61. The van der Waals surface area contributed by atoms with Crippen LogP contribution in [0.15, 0.2) is 24.3 Å². The molecule has 0 radical (unpaired) electrons. The summed E-state index contributed by atoms with van der Waals surface area (Å²) in [6, 6.07) is 9.86. The number of nitrogens with one attached hydrogen (secondary N) is 1. The summed E-state index contributed by atoms with van der Waals surface area (Å²) in [7, 11) is 0. The first-order valence-electron chi connectivity index (χ1n) is 6.86. The Morgan fingerprint density at radius 1 is 1.33 bits per heavy atom. The highest BCUT2D eigenvalue weighted by atomic mass is 35.5. The highest BCUT2D eigenvalue weighted by molar-refractivity contribution is 5.85. The van der Waals surface area contributed by atoms with Crippen LogP contribution in [0.2, 0.25) is 0 Å². The van der Waals surface area contributed by atoms with Gasteiger partial charge in [0, 0.05) is 32.2 Å². The number of hydrogen-bond acceptors (Lipinski definition) is 2. The first kappa shape index (κ1) is 13.9. The summed E-state index contributed by atoms with van der Waals surface area (Å²) < 4.78 is 0. The lowest BCUT2D eigenvalue weighted by molar-refractivity contribution is 0.199. The van der Waals surface area contributed by atoms with E-state index in [0.717, 1.165) is 19.0 Å². The van der Waals surface area contributed by atoms with Crippen molar-refractivity contribution in [3.05, 3.63) is 35.4 Å². The van der Waals surface area contributed by atoms with Gasteiger partial charge in [0.2, 0.25) is 0 Å². The van der Waals surface area contributed by atoms with Crippen LogP contribution in [0.25, 0.3) is 0 Å². The van der Waals surface area contributed by atoms with Gasteiger partial charge in [-0.3, -0.25) is 4.90 Å². The fraction of sp³-hybridized carbons (Fsp3) is 0.600. The summed E-state index contributed by atoms with van der Waals surface area (Å²) >= 11 is 0. The average molecular weight is 267 g/mol. The number of hydrogen-bond donors (Lipinski definition) is 1. The van der Waals surface area contributed by atoms with Gasteiger partial charge in [0.15, 0.2) is 0 Å². The molecule has 1 N–H and O–H groups in total. The average Bonchev–Trinajstić information content (AvgIpc) is 3.13. The molecule has 1 heterocycles. The minimum absolute atomic E-state index is 0. The predicted octanol–water partition coefficient (Wildman–Crippen LogP) is 2.78. The maximum Gasteiger partial charge on any atom is 0.0235 e. The van der Waals surface area contributed by atoms with Crippen LogP contribution < -0.4 is 5.32 Å². The van der Waals surface area contributed by atoms with Crippen molar-refractivity contribution >= 4 is 12.4 Å². The zero-order valence-corrected chi connectivity index (χ0v) is 11.9. The van der Waals surface area contributed by atoms with Crippen molar-refractivity contribution in [2.45, 2.75) is 38.3 Å². The molecule has 2 fully saturated rings. The molecular formula is C15H23ClN2. The quantitative estimate of drug-likeness (QED) is 0.905. The molecule has 1 atom stereocenters. The van der Waals surface area contributed by atoms with E-state index < -0.39 is 0 Å². The first-order chi connectivity index (χ1) is 8.31. The van der Waals surface area contributed by atoms with Crippen molar-refractivity contribution in [3.63, 3.8) is 0 Å². The Kier molecular flexibility index (Phi) is 4.66. The molecule has 1 aliphatic heterocycles. The van der Waals surface area contributed by atoms with E-state index in [1.165, 1.54) is 31.5 Å². The first-order valence-corrected chi connectivity index (χ1v) is 6.86. The van der Waals surface area contributed by atoms with Gasteiger partial charge >= 0.3 is 0 Å². The van der Waals surface area contributed by atoms with Crippen LogP contribution in [0, 0.1) is 0 Å². The minimum Gasteiger partial charge on any atom is -0.312 e. The maximum atomic E-state index is 3.50. The monoisotopic (exact) mass is 266 g/mol. The standard InChI is InChI=1S/C15H22N2.ClH/c1-12-10-17(8-7-16-12)11-13-3-2-4-15(9-13)14-5-6-14;/h2-4,9,12,14,16H,5-8,10-11H2,1H3;1H. The molecule has 0 amide bonds. The largest absolute Gasteiger partial charge is 0.312 e. The summed E-state index contributed by atoms with van der Waals surface area (Å²) in [6.07, 6.45) is 2.79. The Balaban J connectivity index is 0.00000120. The second-order valence-corrected chi connectivity index (χ2v) is 5.61. The normalized spacial score (nSPS) is 24.6. The van der Waals surface area contributed by atoms with Crippen molar-refractivity contribution in [1.82, 2.24) is 10.2 Å². The zero-order chi connectivity index (χ0) is 11.7. The summed E-state index contributed by atoms with van der Waals surface area (Å²) in [4.78, 5) is 2.56. The van der Waals surface area contributed by atoms with Gasteiger partial charge in [0.25, 0.3) is 0 Å². The van der Waals surface area contributed by atoms with Gasteiger partial charge in [-0.1, -0.05) is 24.3 Å². The Hall–Kier alpha value is -0.570. The summed E-state index contributed by atoms with van der Waals surface area (Å²) in [6.45, 7) is 6.87. The topological polar surface area (TPSA) is 15.3 Å². The van der Waals surface area contributed by atoms with E-state index in [0.29, 0.717) is 6.04 Å². The van der Waals surface area contributed by atoms with Gasteiger partial charge in [-0.15, -0.1) is 12.4 Å². The second kappa shape index (κ2) is 6.05. The molecule has 3 rings (SSSR count).